The molecule has 4 nitrogen and oxygen atoms in total. The number of amides is 1. The Morgan fingerprint density at radius 3 is 2.72 bits per heavy atom. The highest BCUT2D eigenvalue weighted by Crippen LogP contribution is 2.21. The van der Waals surface area contributed by atoms with E-state index in [1.807, 2.05) is 12.1 Å². The molecule has 1 heterocycles. The van der Waals surface area contributed by atoms with Crippen molar-refractivity contribution in [2.45, 2.75) is 18.9 Å². The number of hydrogen-bond donors (Lipinski definition) is 1. The summed E-state index contributed by atoms with van der Waals surface area (Å²) < 4.78 is 5.36. The molecule has 0 aromatic heterocycles. The van der Waals surface area contributed by atoms with Crippen molar-refractivity contribution >= 4 is 23.4 Å². The van der Waals surface area contributed by atoms with Gasteiger partial charge in [0.2, 0.25) is 0 Å². The molecule has 1 aliphatic heterocycles. The van der Waals surface area contributed by atoms with Crippen LogP contribution in [0.4, 0.5) is 10.5 Å². The maximum Gasteiger partial charge on any atom is 0.411 e. The van der Waals surface area contributed by atoms with Crippen molar-refractivity contribution in [2.24, 2.45) is 0 Å². The summed E-state index contributed by atoms with van der Waals surface area (Å²) in [5.41, 5.74) is 0.581. The zero-order valence-electron chi connectivity index (χ0n) is 10.4. The summed E-state index contributed by atoms with van der Waals surface area (Å²) in [6, 6.07) is 7.11. The topological polar surface area (TPSA) is 41.6 Å². The maximum absolute atomic E-state index is 11.7. The minimum atomic E-state index is -0.433. The van der Waals surface area contributed by atoms with Crippen molar-refractivity contribution in [3.05, 3.63) is 29.3 Å². The van der Waals surface area contributed by atoms with Gasteiger partial charge in [-0.1, -0.05) is 23.7 Å². The number of rotatable bonds is 2. The fourth-order valence-electron chi connectivity index (χ4n) is 1.96. The van der Waals surface area contributed by atoms with Crippen LogP contribution in [-0.4, -0.2) is 37.2 Å². The molecule has 1 N–H and O–H groups in total. The summed E-state index contributed by atoms with van der Waals surface area (Å²) in [5, 5.41) is 3.17. The molecule has 0 spiro atoms. The summed E-state index contributed by atoms with van der Waals surface area (Å²) in [7, 11) is 2.07. The monoisotopic (exact) mass is 268 g/mol. The SMILES string of the molecule is CN1CCC(OC(=O)Nc2ccccc2Cl)CC1. The molecule has 0 unspecified atom stereocenters. The molecular weight excluding hydrogens is 252 g/mol. The predicted octanol–water partition coefficient (Wildman–Crippen LogP) is 2.98. The van der Waals surface area contributed by atoms with Crippen LogP contribution < -0.4 is 5.32 Å². The van der Waals surface area contributed by atoms with Gasteiger partial charge in [-0.3, -0.25) is 5.32 Å². The van der Waals surface area contributed by atoms with Crippen LogP contribution in [0.3, 0.4) is 0 Å². The van der Waals surface area contributed by atoms with E-state index in [9.17, 15) is 4.79 Å². The van der Waals surface area contributed by atoms with Crippen LogP contribution in [0.25, 0.3) is 0 Å². The van der Waals surface area contributed by atoms with Gasteiger partial charge in [0, 0.05) is 13.1 Å². The molecule has 1 aromatic rings. The largest absolute Gasteiger partial charge is 0.446 e. The molecule has 1 amide bonds. The molecule has 0 atom stereocenters. The van der Waals surface area contributed by atoms with Crippen LogP contribution in [-0.2, 0) is 4.74 Å². The van der Waals surface area contributed by atoms with E-state index in [1.165, 1.54) is 0 Å². The number of carbonyl (C=O) groups is 1. The number of halogens is 1. The van der Waals surface area contributed by atoms with E-state index in [0.29, 0.717) is 10.7 Å². The van der Waals surface area contributed by atoms with Crippen LogP contribution >= 0.6 is 11.6 Å². The third-order valence-electron chi connectivity index (χ3n) is 3.05. The molecule has 1 fully saturated rings. The molecule has 98 valence electrons. The van der Waals surface area contributed by atoms with E-state index in [1.54, 1.807) is 12.1 Å². The predicted molar refractivity (Wildman–Crippen MR) is 72.1 cm³/mol. The van der Waals surface area contributed by atoms with Crippen molar-refractivity contribution in [1.29, 1.82) is 0 Å². The van der Waals surface area contributed by atoms with Gasteiger partial charge >= 0.3 is 6.09 Å². The highest BCUT2D eigenvalue weighted by molar-refractivity contribution is 6.33. The Hall–Kier alpha value is -1.26. The fraction of sp³-hybridized carbons (Fsp3) is 0.462. The van der Waals surface area contributed by atoms with Gasteiger partial charge in [-0.25, -0.2) is 4.79 Å². The molecule has 0 aliphatic carbocycles. The average Bonchev–Trinajstić information content (AvgIpc) is 2.35. The highest BCUT2D eigenvalue weighted by atomic mass is 35.5. The second-order valence-corrected chi connectivity index (χ2v) is 4.92. The zero-order valence-corrected chi connectivity index (χ0v) is 11.1. The fourth-order valence-corrected chi connectivity index (χ4v) is 2.14. The van der Waals surface area contributed by atoms with Crippen molar-refractivity contribution in [3.63, 3.8) is 0 Å². The number of nitrogens with one attached hydrogen (secondary N) is 1. The van der Waals surface area contributed by atoms with Crippen molar-refractivity contribution in [3.8, 4) is 0 Å². The first-order valence-corrected chi connectivity index (χ1v) is 6.43. The Balaban J connectivity index is 1.84. The Morgan fingerprint density at radius 2 is 2.06 bits per heavy atom. The average molecular weight is 269 g/mol. The highest BCUT2D eigenvalue weighted by Gasteiger charge is 2.20. The molecule has 0 radical (unpaired) electrons. The number of likely N-dealkylation sites (tertiary alicyclic amines) is 1. The molecule has 1 aromatic carbocycles. The summed E-state index contributed by atoms with van der Waals surface area (Å²) >= 11 is 5.95. The number of nitrogens with zero attached hydrogens (tertiary/aromatic N) is 1. The summed E-state index contributed by atoms with van der Waals surface area (Å²) in [5.74, 6) is 0. The minimum Gasteiger partial charge on any atom is -0.446 e. The number of carbonyl (C=O) groups excluding carboxylic acids is 1. The molecule has 18 heavy (non-hydrogen) atoms. The van der Waals surface area contributed by atoms with E-state index >= 15 is 0 Å². The van der Waals surface area contributed by atoms with Gasteiger partial charge < -0.3 is 9.64 Å². The van der Waals surface area contributed by atoms with Gasteiger partial charge in [-0.05, 0) is 32.0 Å². The second-order valence-electron chi connectivity index (χ2n) is 4.51. The number of benzene rings is 1. The van der Waals surface area contributed by atoms with E-state index < -0.39 is 6.09 Å². The zero-order chi connectivity index (χ0) is 13.0. The first kappa shape index (κ1) is 13.2. The summed E-state index contributed by atoms with van der Waals surface area (Å²) in [6.45, 7) is 1.92. The molecule has 1 aliphatic rings. The van der Waals surface area contributed by atoms with Crippen LogP contribution in [0.5, 0.6) is 0 Å². The molecule has 5 heteroatoms. The normalized spacial score (nSPS) is 17.4. The van der Waals surface area contributed by atoms with Gasteiger partial charge in [0.25, 0.3) is 0 Å². The summed E-state index contributed by atoms with van der Waals surface area (Å²) in [6.07, 6.45) is 1.33. The van der Waals surface area contributed by atoms with Crippen LogP contribution in [0.1, 0.15) is 12.8 Å². The third-order valence-corrected chi connectivity index (χ3v) is 3.38. The van der Waals surface area contributed by atoms with Crippen molar-refractivity contribution in [2.75, 3.05) is 25.5 Å². The van der Waals surface area contributed by atoms with E-state index in [4.69, 9.17) is 16.3 Å². The van der Waals surface area contributed by atoms with Crippen molar-refractivity contribution < 1.29 is 9.53 Å². The van der Waals surface area contributed by atoms with Crippen LogP contribution in [0.15, 0.2) is 24.3 Å². The molecule has 0 saturated carbocycles. The van der Waals surface area contributed by atoms with Crippen LogP contribution in [0.2, 0.25) is 5.02 Å². The summed E-state index contributed by atoms with van der Waals surface area (Å²) in [4.78, 5) is 13.9. The molecule has 1 saturated heterocycles. The number of ether oxygens (including phenoxy) is 1. The van der Waals surface area contributed by atoms with E-state index in [0.717, 1.165) is 25.9 Å². The van der Waals surface area contributed by atoms with E-state index in [-0.39, 0.29) is 6.10 Å². The standard InChI is InChI=1S/C13H17ClN2O2/c1-16-8-6-10(7-9-16)18-13(17)15-12-5-3-2-4-11(12)14/h2-5,10H,6-9H2,1H3,(H,15,17). The first-order chi connectivity index (χ1) is 8.65. The second kappa shape index (κ2) is 6.07. The smallest absolute Gasteiger partial charge is 0.411 e. The number of para-hydroxylation sites is 1. The molecular formula is C13H17ClN2O2. The lowest BCUT2D eigenvalue weighted by Crippen LogP contribution is -2.36. The molecule has 0 bridgehead atoms. The Labute approximate surface area is 112 Å². The lowest BCUT2D eigenvalue weighted by Gasteiger charge is -2.28. The quantitative estimate of drug-likeness (QED) is 0.897. The third kappa shape index (κ3) is 3.62. The Kier molecular flexibility index (Phi) is 4.44. The number of hydrogen-bond acceptors (Lipinski definition) is 3. The lowest BCUT2D eigenvalue weighted by atomic mass is 10.1. The maximum atomic E-state index is 11.7. The Bertz CT molecular complexity index is 417. The van der Waals surface area contributed by atoms with Gasteiger partial charge in [-0.15, -0.1) is 0 Å². The van der Waals surface area contributed by atoms with Gasteiger partial charge in [0.15, 0.2) is 0 Å². The van der Waals surface area contributed by atoms with Gasteiger partial charge in [-0.2, -0.15) is 0 Å². The lowest BCUT2D eigenvalue weighted by molar-refractivity contribution is 0.0662. The first-order valence-electron chi connectivity index (χ1n) is 6.06. The minimum absolute atomic E-state index is 0.00341. The molecule has 2 rings (SSSR count). The van der Waals surface area contributed by atoms with Gasteiger partial charge in [0.1, 0.15) is 6.10 Å². The van der Waals surface area contributed by atoms with E-state index in [2.05, 4.69) is 17.3 Å². The number of anilines is 1. The number of piperidine rings is 1. The van der Waals surface area contributed by atoms with Crippen molar-refractivity contribution in [1.82, 2.24) is 4.90 Å². The van der Waals surface area contributed by atoms with Crippen LogP contribution in [0, 0.1) is 0 Å². The Morgan fingerprint density at radius 1 is 1.39 bits per heavy atom. The van der Waals surface area contributed by atoms with Gasteiger partial charge in [0.05, 0.1) is 10.7 Å².